The van der Waals surface area contributed by atoms with Crippen LogP contribution in [0.2, 0.25) is 0 Å². The molecule has 96 valence electrons. The zero-order chi connectivity index (χ0) is 11.5. The fraction of sp³-hybridized carbons (Fsp3) is 1.00. The van der Waals surface area contributed by atoms with Gasteiger partial charge in [-0.25, -0.2) is 0 Å². The van der Waals surface area contributed by atoms with Gasteiger partial charge in [-0.2, -0.15) is 0 Å². The Balaban J connectivity index is 1.63. The number of hydrogen-bond acceptors (Lipinski definition) is 1. The molecule has 1 nitrogen and oxygen atoms in total. The highest BCUT2D eigenvalue weighted by Crippen LogP contribution is 2.62. The molecule has 4 bridgehead atoms. The molecule has 0 unspecified atom stereocenters. The zero-order valence-electron chi connectivity index (χ0n) is 11.3. The van der Waals surface area contributed by atoms with Gasteiger partial charge in [0, 0.05) is 6.04 Å². The molecule has 17 heavy (non-hydrogen) atoms. The Kier molecular flexibility index (Phi) is 2.38. The van der Waals surface area contributed by atoms with Gasteiger partial charge in [0.2, 0.25) is 0 Å². The maximum Gasteiger partial charge on any atom is 0.0149 e. The average Bonchev–Trinajstić information content (AvgIpc) is 2.27. The Hall–Kier alpha value is -0.0400. The van der Waals surface area contributed by atoms with Crippen LogP contribution in [-0.4, -0.2) is 24.5 Å². The van der Waals surface area contributed by atoms with E-state index >= 15 is 0 Å². The Labute approximate surface area is 106 Å². The molecular formula is C16H27N. The lowest BCUT2D eigenvalue weighted by Gasteiger charge is -2.61. The second kappa shape index (κ2) is 3.73. The first-order chi connectivity index (χ1) is 8.25. The van der Waals surface area contributed by atoms with E-state index in [0.29, 0.717) is 0 Å². The second-order valence-corrected chi connectivity index (χ2v) is 7.77. The van der Waals surface area contributed by atoms with Crippen molar-refractivity contribution < 1.29 is 0 Å². The summed E-state index contributed by atoms with van der Waals surface area (Å²) < 4.78 is 0. The quantitative estimate of drug-likeness (QED) is 0.667. The van der Waals surface area contributed by atoms with Crippen molar-refractivity contribution in [2.45, 2.75) is 63.8 Å². The lowest BCUT2D eigenvalue weighted by molar-refractivity contribution is -0.105. The van der Waals surface area contributed by atoms with E-state index in [1.54, 1.807) is 38.5 Å². The molecule has 0 aromatic rings. The minimum absolute atomic E-state index is 0.768. The SMILES string of the molecule is CN1CCCC[C@@H]1C12CC3CC(CC(C3)C1)C2. The van der Waals surface area contributed by atoms with E-state index in [1.807, 2.05) is 0 Å². The summed E-state index contributed by atoms with van der Waals surface area (Å²) in [6.45, 7) is 1.37. The Bertz CT molecular complexity index is 273. The normalized spacial score (nSPS) is 54.2. The summed E-state index contributed by atoms with van der Waals surface area (Å²) in [5, 5.41) is 0. The summed E-state index contributed by atoms with van der Waals surface area (Å²) in [5.74, 6) is 3.37. The third-order valence-corrected chi connectivity index (χ3v) is 6.56. The highest BCUT2D eigenvalue weighted by atomic mass is 15.1. The van der Waals surface area contributed by atoms with Gasteiger partial charge < -0.3 is 4.90 Å². The molecule has 0 radical (unpaired) electrons. The van der Waals surface area contributed by atoms with Crippen LogP contribution in [0.1, 0.15) is 57.8 Å². The van der Waals surface area contributed by atoms with E-state index in [0.717, 1.165) is 29.2 Å². The number of likely N-dealkylation sites (tertiary alicyclic amines) is 1. The monoisotopic (exact) mass is 233 g/mol. The maximum atomic E-state index is 2.73. The first kappa shape index (κ1) is 10.8. The minimum Gasteiger partial charge on any atom is -0.303 e. The van der Waals surface area contributed by atoms with Crippen molar-refractivity contribution in [3.8, 4) is 0 Å². The minimum atomic E-state index is 0.768. The van der Waals surface area contributed by atoms with E-state index in [1.165, 1.54) is 25.8 Å². The molecule has 1 heteroatoms. The molecule has 4 aliphatic carbocycles. The van der Waals surface area contributed by atoms with Crippen LogP contribution >= 0.6 is 0 Å². The smallest absolute Gasteiger partial charge is 0.0149 e. The molecule has 0 spiro atoms. The second-order valence-electron chi connectivity index (χ2n) is 7.77. The van der Waals surface area contributed by atoms with Gasteiger partial charge in [0.25, 0.3) is 0 Å². The molecule has 5 fully saturated rings. The number of rotatable bonds is 1. The van der Waals surface area contributed by atoms with Crippen LogP contribution in [0.15, 0.2) is 0 Å². The van der Waals surface area contributed by atoms with Crippen LogP contribution in [0.25, 0.3) is 0 Å². The summed E-state index contributed by atoms with van der Waals surface area (Å²) in [6.07, 6.45) is 14.0. The van der Waals surface area contributed by atoms with Crippen molar-refractivity contribution in [2.24, 2.45) is 23.2 Å². The molecule has 5 rings (SSSR count). The fourth-order valence-electron chi connectivity index (χ4n) is 6.43. The first-order valence-corrected chi connectivity index (χ1v) is 7.95. The lowest BCUT2D eigenvalue weighted by Crippen LogP contribution is -2.57. The third kappa shape index (κ3) is 1.61. The molecule has 5 aliphatic rings. The summed E-state index contributed by atoms with van der Waals surface area (Å²) in [5.41, 5.74) is 0.768. The Morgan fingerprint density at radius 1 is 0.882 bits per heavy atom. The van der Waals surface area contributed by atoms with E-state index in [-0.39, 0.29) is 0 Å². The van der Waals surface area contributed by atoms with Crippen molar-refractivity contribution in [2.75, 3.05) is 13.6 Å². The van der Waals surface area contributed by atoms with Gasteiger partial charge in [0.05, 0.1) is 0 Å². The van der Waals surface area contributed by atoms with Crippen molar-refractivity contribution in [1.29, 1.82) is 0 Å². The predicted octanol–water partition coefficient (Wildman–Crippen LogP) is 3.69. The zero-order valence-corrected chi connectivity index (χ0v) is 11.3. The molecule has 1 aliphatic heterocycles. The number of nitrogens with zero attached hydrogens (tertiary/aromatic N) is 1. The van der Waals surface area contributed by atoms with E-state index in [9.17, 15) is 0 Å². The molecule has 1 saturated heterocycles. The summed E-state index contributed by atoms with van der Waals surface area (Å²) in [7, 11) is 2.41. The topological polar surface area (TPSA) is 3.24 Å². The molecule has 1 heterocycles. The van der Waals surface area contributed by atoms with E-state index < -0.39 is 0 Å². The van der Waals surface area contributed by atoms with E-state index in [4.69, 9.17) is 0 Å². The van der Waals surface area contributed by atoms with Crippen molar-refractivity contribution in [1.82, 2.24) is 4.90 Å². The summed E-state index contributed by atoms with van der Waals surface area (Å²) >= 11 is 0. The van der Waals surface area contributed by atoms with Crippen molar-refractivity contribution in [3.63, 3.8) is 0 Å². The molecule has 0 aromatic heterocycles. The highest BCUT2D eigenvalue weighted by Gasteiger charge is 2.54. The van der Waals surface area contributed by atoms with Gasteiger partial charge in [-0.05, 0) is 88.1 Å². The number of piperidine rings is 1. The van der Waals surface area contributed by atoms with Gasteiger partial charge in [-0.15, -0.1) is 0 Å². The molecular weight excluding hydrogens is 206 g/mol. The Morgan fingerprint density at radius 2 is 1.47 bits per heavy atom. The van der Waals surface area contributed by atoms with Crippen LogP contribution in [-0.2, 0) is 0 Å². The standard InChI is InChI=1S/C16H27N/c1-17-5-3-2-4-15(17)16-9-12-6-13(10-16)8-14(7-12)11-16/h12-15H,2-11H2,1H3/t12?,13?,14?,15-,16?/m1/s1. The average molecular weight is 233 g/mol. The Morgan fingerprint density at radius 3 is 2.00 bits per heavy atom. The van der Waals surface area contributed by atoms with Crippen LogP contribution in [0.3, 0.4) is 0 Å². The van der Waals surface area contributed by atoms with Gasteiger partial charge in [-0.1, -0.05) is 6.42 Å². The molecule has 0 aromatic carbocycles. The third-order valence-electron chi connectivity index (χ3n) is 6.56. The lowest BCUT2D eigenvalue weighted by atomic mass is 9.47. The van der Waals surface area contributed by atoms with Crippen LogP contribution in [0.5, 0.6) is 0 Å². The largest absolute Gasteiger partial charge is 0.303 e. The van der Waals surface area contributed by atoms with Crippen LogP contribution in [0.4, 0.5) is 0 Å². The fourth-order valence-corrected chi connectivity index (χ4v) is 6.43. The van der Waals surface area contributed by atoms with Gasteiger partial charge in [0.15, 0.2) is 0 Å². The van der Waals surface area contributed by atoms with Crippen LogP contribution in [0, 0.1) is 23.2 Å². The summed E-state index contributed by atoms with van der Waals surface area (Å²) in [6, 6.07) is 0.949. The summed E-state index contributed by atoms with van der Waals surface area (Å²) in [4.78, 5) is 2.73. The number of hydrogen-bond donors (Lipinski definition) is 0. The van der Waals surface area contributed by atoms with E-state index in [2.05, 4.69) is 11.9 Å². The van der Waals surface area contributed by atoms with Crippen LogP contribution < -0.4 is 0 Å². The van der Waals surface area contributed by atoms with Gasteiger partial charge >= 0.3 is 0 Å². The molecule has 0 N–H and O–H groups in total. The first-order valence-electron chi connectivity index (χ1n) is 7.95. The van der Waals surface area contributed by atoms with Gasteiger partial charge in [0.1, 0.15) is 0 Å². The molecule has 1 atom stereocenters. The maximum absolute atomic E-state index is 2.73. The predicted molar refractivity (Wildman–Crippen MR) is 70.9 cm³/mol. The molecule has 0 amide bonds. The highest BCUT2D eigenvalue weighted by molar-refractivity contribution is 5.06. The molecule has 4 saturated carbocycles. The van der Waals surface area contributed by atoms with Crippen molar-refractivity contribution >= 4 is 0 Å². The van der Waals surface area contributed by atoms with Crippen molar-refractivity contribution in [3.05, 3.63) is 0 Å². The van der Waals surface area contributed by atoms with Gasteiger partial charge in [-0.3, -0.25) is 0 Å².